The molecule has 0 saturated carbocycles. The summed E-state index contributed by atoms with van der Waals surface area (Å²) in [5.74, 6) is -0.313. The van der Waals surface area contributed by atoms with E-state index in [1.807, 2.05) is 19.1 Å². The Labute approximate surface area is 108 Å². The van der Waals surface area contributed by atoms with Crippen LogP contribution in [0.1, 0.15) is 65.8 Å². The van der Waals surface area contributed by atoms with Gasteiger partial charge in [0.25, 0.3) is 0 Å². The van der Waals surface area contributed by atoms with Crippen molar-refractivity contribution in [3.63, 3.8) is 0 Å². The van der Waals surface area contributed by atoms with Crippen molar-refractivity contribution < 1.29 is 9.59 Å². The van der Waals surface area contributed by atoms with Crippen molar-refractivity contribution in [2.45, 2.75) is 46.0 Å². The van der Waals surface area contributed by atoms with E-state index in [2.05, 4.69) is 6.92 Å². The average Bonchev–Trinajstić information content (AvgIpc) is 2.63. The molecule has 1 aromatic rings. The Morgan fingerprint density at radius 1 is 1.06 bits per heavy atom. The summed E-state index contributed by atoms with van der Waals surface area (Å²) in [7, 11) is 0. The molecule has 0 spiro atoms. The number of rotatable bonds is 5. The Balaban J connectivity index is 2.38. The van der Waals surface area contributed by atoms with E-state index in [-0.39, 0.29) is 11.6 Å². The molecule has 0 fully saturated rings. The Morgan fingerprint density at radius 3 is 2.50 bits per heavy atom. The quantitative estimate of drug-likeness (QED) is 0.738. The highest BCUT2D eigenvalue weighted by Gasteiger charge is 2.38. The number of benzene rings is 1. The zero-order valence-electron chi connectivity index (χ0n) is 11.2. The van der Waals surface area contributed by atoms with E-state index in [4.69, 9.17) is 0 Å². The maximum atomic E-state index is 12.4. The molecule has 0 radical (unpaired) electrons. The van der Waals surface area contributed by atoms with E-state index in [9.17, 15) is 9.59 Å². The largest absolute Gasteiger partial charge is 0.293 e. The van der Waals surface area contributed by atoms with E-state index in [1.165, 1.54) is 0 Å². The molecule has 2 nitrogen and oxygen atoms in total. The van der Waals surface area contributed by atoms with Crippen LogP contribution < -0.4 is 0 Å². The average molecular weight is 244 g/mol. The second kappa shape index (κ2) is 5.47. The van der Waals surface area contributed by atoms with Crippen LogP contribution in [0, 0.1) is 5.92 Å². The van der Waals surface area contributed by atoms with Gasteiger partial charge in [0.05, 0.1) is 5.92 Å². The lowest BCUT2D eigenvalue weighted by molar-refractivity contribution is 0.0830. The Bertz CT molecular complexity index is 474. The van der Waals surface area contributed by atoms with Crippen LogP contribution in [-0.2, 0) is 6.42 Å². The van der Waals surface area contributed by atoms with Gasteiger partial charge in [-0.15, -0.1) is 0 Å². The number of aryl methyl sites for hydroxylation is 1. The lowest BCUT2D eigenvalue weighted by atomic mass is 9.96. The minimum atomic E-state index is -0.409. The maximum Gasteiger partial charge on any atom is 0.174 e. The van der Waals surface area contributed by atoms with Crippen LogP contribution in [0.15, 0.2) is 18.2 Å². The fourth-order valence-electron chi connectivity index (χ4n) is 2.70. The van der Waals surface area contributed by atoms with E-state index in [0.29, 0.717) is 12.0 Å². The number of carbonyl (C=O) groups excluding carboxylic acids is 2. The van der Waals surface area contributed by atoms with Crippen LogP contribution in [-0.4, -0.2) is 11.6 Å². The van der Waals surface area contributed by atoms with Crippen molar-refractivity contribution in [2.75, 3.05) is 0 Å². The van der Waals surface area contributed by atoms with Gasteiger partial charge in [0.15, 0.2) is 11.6 Å². The molecule has 0 N–H and O–H groups in total. The first-order valence-corrected chi connectivity index (χ1v) is 6.91. The summed E-state index contributed by atoms with van der Waals surface area (Å²) < 4.78 is 0. The predicted molar refractivity (Wildman–Crippen MR) is 72.1 cm³/mol. The number of hydrogen-bond acceptors (Lipinski definition) is 2. The van der Waals surface area contributed by atoms with Gasteiger partial charge in [-0.2, -0.15) is 0 Å². The molecule has 0 bridgehead atoms. The number of Topliss-reactive ketones (excluding diaryl/α,β-unsaturated/α-hetero) is 2. The monoisotopic (exact) mass is 244 g/mol. The topological polar surface area (TPSA) is 34.1 Å². The van der Waals surface area contributed by atoms with E-state index in [1.54, 1.807) is 6.07 Å². The first-order valence-electron chi connectivity index (χ1n) is 6.91. The zero-order valence-corrected chi connectivity index (χ0v) is 11.2. The molecule has 2 rings (SSSR count). The fraction of sp³-hybridized carbons (Fsp3) is 0.500. The van der Waals surface area contributed by atoms with E-state index < -0.39 is 5.92 Å². The van der Waals surface area contributed by atoms with Crippen molar-refractivity contribution >= 4 is 11.6 Å². The van der Waals surface area contributed by atoms with Gasteiger partial charge in [-0.1, -0.05) is 44.9 Å². The van der Waals surface area contributed by atoms with Gasteiger partial charge in [-0.05, 0) is 24.8 Å². The van der Waals surface area contributed by atoms with Crippen LogP contribution in [0.25, 0.3) is 0 Å². The van der Waals surface area contributed by atoms with Gasteiger partial charge < -0.3 is 0 Å². The molecule has 0 aliphatic heterocycles. The third kappa shape index (κ3) is 2.12. The van der Waals surface area contributed by atoms with Gasteiger partial charge in [0, 0.05) is 11.1 Å². The van der Waals surface area contributed by atoms with Crippen molar-refractivity contribution in [3.05, 3.63) is 34.9 Å². The number of hydrogen-bond donors (Lipinski definition) is 0. The highest BCUT2D eigenvalue weighted by molar-refractivity contribution is 6.26. The van der Waals surface area contributed by atoms with Gasteiger partial charge in [-0.25, -0.2) is 0 Å². The summed E-state index contributed by atoms with van der Waals surface area (Å²) in [6.07, 6.45) is 4.62. The number of fused-ring (bicyclic) bond motifs is 1. The molecule has 1 unspecified atom stereocenters. The highest BCUT2D eigenvalue weighted by Crippen LogP contribution is 2.32. The van der Waals surface area contributed by atoms with Crippen molar-refractivity contribution in [3.8, 4) is 0 Å². The molecule has 1 aliphatic rings. The molecule has 18 heavy (non-hydrogen) atoms. The normalized spacial score (nSPS) is 18.2. The molecular weight excluding hydrogens is 224 g/mol. The van der Waals surface area contributed by atoms with Crippen LogP contribution in [0.2, 0.25) is 0 Å². The SMILES string of the molecule is CCCCc1cccc2c1C(=O)C(CCC)C2=O. The summed E-state index contributed by atoms with van der Waals surface area (Å²) >= 11 is 0. The van der Waals surface area contributed by atoms with Crippen LogP contribution >= 0.6 is 0 Å². The third-order valence-electron chi connectivity index (χ3n) is 3.67. The summed E-state index contributed by atoms with van der Waals surface area (Å²) in [6, 6.07) is 5.71. The number of ketones is 2. The summed E-state index contributed by atoms with van der Waals surface area (Å²) in [4.78, 5) is 24.6. The lowest BCUT2D eigenvalue weighted by Gasteiger charge is -2.06. The molecule has 1 aliphatic carbocycles. The predicted octanol–water partition coefficient (Wildman–Crippen LogP) is 3.82. The molecule has 0 heterocycles. The molecule has 0 amide bonds. The maximum absolute atomic E-state index is 12.4. The second-order valence-electron chi connectivity index (χ2n) is 5.01. The van der Waals surface area contributed by atoms with E-state index >= 15 is 0 Å². The Hall–Kier alpha value is -1.44. The van der Waals surface area contributed by atoms with E-state index in [0.717, 1.165) is 36.8 Å². The van der Waals surface area contributed by atoms with Gasteiger partial charge >= 0.3 is 0 Å². The first-order chi connectivity index (χ1) is 8.70. The molecule has 1 atom stereocenters. The van der Waals surface area contributed by atoms with Gasteiger partial charge in [0.2, 0.25) is 0 Å². The second-order valence-corrected chi connectivity index (χ2v) is 5.01. The van der Waals surface area contributed by atoms with Gasteiger partial charge in [0.1, 0.15) is 0 Å². The fourth-order valence-corrected chi connectivity index (χ4v) is 2.70. The molecule has 96 valence electrons. The molecule has 0 saturated heterocycles. The smallest absolute Gasteiger partial charge is 0.174 e. The number of carbonyl (C=O) groups is 2. The highest BCUT2D eigenvalue weighted by atomic mass is 16.2. The molecule has 0 aromatic heterocycles. The summed E-state index contributed by atoms with van der Waals surface area (Å²) in [5.41, 5.74) is 2.44. The lowest BCUT2D eigenvalue weighted by Crippen LogP contribution is -2.14. The van der Waals surface area contributed by atoms with Crippen molar-refractivity contribution in [1.82, 2.24) is 0 Å². The molecule has 1 aromatic carbocycles. The minimum Gasteiger partial charge on any atom is -0.293 e. The zero-order chi connectivity index (χ0) is 13.1. The van der Waals surface area contributed by atoms with Gasteiger partial charge in [-0.3, -0.25) is 9.59 Å². The Morgan fingerprint density at radius 2 is 1.83 bits per heavy atom. The molecule has 2 heteroatoms. The standard InChI is InChI=1S/C16H20O2/c1-3-5-8-11-9-6-10-12-14(11)16(18)13(7-4-2)15(12)17/h6,9-10,13H,3-5,7-8H2,1-2H3. The number of unbranched alkanes of at least 4 members (excludes halogenated alkanes) is 1. The Kier molecular flexibility index (Phi) is 3.95. The van der Waals surface area contributed by atoms with Crippen LogP contribution in [0.4, 0.5) is 0 Å². The summed E-state index contributed by atoms with van der Waals surface area (Å²) in [5, 5.41) is 0. The molecular formula is C16H20O2. The minimum absolute atomic E-state index is 0.0372. The van der Waals surface area contributed by atoms with Crippen LogP contribution in [0.5, 0.6) is 0 Å². The van der Waals surface area contributed by atoms with Crippen molar-refractivity contribution in [1.29, 1.82) is 0 Å². The summed E-state index contributed by atoms with van der Waals surface area (Å²) in [6.45, 7) is 4.15. The third-order valence-corrected chi connectivity index (χ3v) is 3.67. The van der Waals surface area contributed by atoms with Crippen molar-refractivity contribution in [2.24, 2.45) is 5.92 Å². The first kappa shape index (κ1) is 13.0. The van der Waals surface area contributed by atoms with Crippen LogP contribution in [0.3, 0.4) is 0 Å².